The lowest BCUT2D eigenvalue weighted by molar-refractivity contribution is -0.136. The van der Waals surface area contributed by atoms with E-state index in [1.165, 1.54) is 0 Å². The van der Waals surface area contributed by atoms with Gasteiger partial charge >= 0.3 is 0 Å². The fraction of sp³-hybridized carbons (Fsp3) is 0.364. The van der Waals surface area contributed by atoms with Gasteiger partial charge in [-0.15, -0.1) is 0 Å². The van der Waals surface area contributed by atoms with Crippen LogP contribution in [0.25, 0.3) is 0 Å². The minimum atomic E-state index is -0.260. The van der Waals surface area contributed by atoms with Gasteiger partial charge in [-0.3, -0.25) is 9.59 Å². The van der Waals surface area contributed by atoms with Gasteiger partial charge in [0.05, 0.1) is 11.8 Å². The van der Waals surface area contributed by atoms with E-state index in [9.17, 15) is 9.59 Å². The van der Waals surface area contributed by atoms with Gasteiger partial charge in [-0.1, -0.05) is 41.9 Å². The van der Waals surface area contributed by atoms with Crippen LogP contribution in [0.2, 0.25) is 5.02 Å². The Morgan fingerprint density at radius 1 is 1.15 bits per heavy atom. The maximum Gasteiger partial charge on any atom is 0.228 e. The molecule has 1 N–H and O–H groups in total. The Bertz CT molecular complexity index is 835. The largest absolute Gasteiger partial charge is 0.336 e. The number of hydrogen-bond acceptors (Lipinski definition) is 2. The molecule has 1 saturated carbocycles. The van der Waals surface area contributed by atoms with Crippen LogP contribution in [0.5, 0.6) is 0 Å². The van der Waals surface area contributed by atoms with E-state index in [4.69, 9.17) is 11.6 Å². The monoisotopic (exact) mass is 384 g/mol. The Kier molecular flexibility index (Phi) is 5.85. The number of carbonyl (C=O) groups excluding carboxylic acids is 2. The predicted molar refractivity (Wildman–Crippen MR) is 109 cm³/mol. The molecule has 142 valence electrons. The summed E-state index contributed by atoms with van der Waals surface area (Å²) in [5, 5.41) is 3.57. The molecule has 27 heavy (non-hydrogen) atoms. The molecule has 2 aromatic carbocycles. The molecule has 0 heterocycles. The highest BCUT2D eigenvalue weighted by Gasteiger charge is 2.49. The number of halogens is 1. The Balaban J connectivity index is 1.63. The Morgan fingerprint density at radius 2 is 1.85 bits per heavy atom. The number of benzene rings is 2. The molecule has 2 unspecified atom stereocenters. The van der Waals surface area contributed by atoms with E-state index in [0.717, 1.165) is 16.8 Å². The van der Waals surface area contributed by atoms with Crippen molar-refractivity contribution in [1.29, 1.82) is 0 Å². The molecule has 2 amide bonds. The lowest BCUT2D eigenvalue weighted by Crippen LogP contribution is -2.38. The summed E-state index contributed by atoms with van der Waals surface area (Å²) in [4.78, 5) is 27.4. The molecule has 0 aliphatic heterocycles. The van der Waals surface area contributed by atoms with Gasteiger partial charge in [0.2, 0.25) is 11.8 Å². The van der Waals surface area contributed by atoms with Crippen molar-refractivity contribution in [2.24, 2.45) is 11.8 Å². The van der Waals surface area contributed by atoms with Gasteiger partial charge < -0.3 is 10.2 Å². The second kappa shape index (κ2) is 8.13. The second-order valence-electron chi connectivity index (χ2n) is 7.44. The molecule has 4 nitrogen and oxygen atoms in total. The first-order chi connectivity index (χ1) is 12.9. The third-order valence-corrected chi connectivity index (χ3v) is 5.23. The molecule has 0 saturated heterocycles. The first-order valence-electron chi connectivity index (χ1n) is 9.28. The zero-order valence-electron chi connectivity index (χ0n) is 15.9. The first kappa shape index (κ1) is 19.4. The van der Waals surface area contributed by atoms with Crippen molar-refractivity contribution >= 4 is 29.1 Å². The zero-order valence-corrected chi connectivity index (χ0v) is 16.7. The van der Waals surface area contributed by atoms with Gasteiger partial charge in [0.15, 0.2) is 0 Å². The number of carbonyl (C=O) groups is 2. The van der Waals surface area contributed by atoms with Crippen LogP contribution >= 0.6 is 11.6 Å². The van der Waals surface area contributed by atoms with Crippen LogP contribution < -0.4 is 5.32 Å². The average molecular weight is 385 g/mol. The second-order valence-corrected chi connectivity index (χ2v) is 7.88. The van der Waals surface area contributed by atoms with E-state index in [1.54, 1.807) is 12.1 Å². The highest BCUT2D eigenvalue weighted by atomic mass is 35.5. The van der Waals surface area contributed by atoms with Crippen molar-refractivity contribution in [2.45, 2.75) is 39.8 Å². The fourth-order valence-electron chi connectivity index (χ4n) is 3.26. The van der Waals surface area contributed by atoms with Crippen LogP contribution in [-0.4, -0.2) is 22.8 Å². The van der Waals surface area contributed by atoms with Crippen molar-refractivity contribution in [3.63, 3.8) is 0 Å². The molecule has 0 aromatic heterocycles. The van der Waals surface area contributed by atoms with E-state index in [-0.39, 0.29) is 29.7 Å². The summed E-state index contributed by atoms with van der Waals surface area (Å²) < 4.78 is 0. The van der Waals surface area contributed by atoms with Crippen LogP contribution in [0.4, 0.5) is 5.69 Å². The number of aryl methyl sites for hydroxylation is 1. The third kappa shape index (κ3) is 4.69. The SMILES string of the molecule is Cc1cc(Cl)ccc1NC(=O)C1CC1C(=O)N(Cc1ccccc1)C(C)C. The van der Waals surface area contributed by atoms with Crippen LogP contribution in [0, 0.1) is 18.8 Å². The molecular formula is C22H25ClN2O2. The normalized spacial score (nSPS) is 18.3. The van der Waals surface area contributed by atoms with Gasteiger partial charge in [0, 0.05) is 23.3 Å². The maximum absolute atomic E-state index is 13.0. The maximum atomic E-state index is 13.0. The van der Waals surface area contributed by atoms with E-state index in [0.29, 0.717) is 18.0 Å². The van der Waals surface area contributed by atoms with Gasteiger partial charge in [0.25, 0.3) is 0 Å². The Hall–Kier alpha value is -2.33. The minimum absolute atomic E-state index is 0.0573. The smallest absolute Gasteiger partial charge is 0.228 e. The van der Waals surface area contributed by atoms with Crippen LogP contribution in [0.3, 0.4) is 0 Å². The molecule has 1 fully saturated rings. The summed E-state index contributed by atoms with van der Waals surface area (Å²) in [5.41, 5.74) is 2.75. The van der Waals surface area contributed by atoms with Crippen molar-refractivity contribution in [3.8, 4) is 0 Å². The molecule has 1 aliphatic rings. The topological polar surface area (TPSA) is 49.4 Å². The van der Waals surface area contributed by atoms with Crippen molar-refractivity contribution in [2.75, 3.05) is 5.32 Å². The lowest BCUT2D eigenvalue weighted by atomic mass is 10.1. The summed E-state index contributed by atoms with van der Waals surface area (Å²) >= 11 is 5.96. The number of hydrogen-bond donors (Lipinski definition) is 1. The quantitative estimate of drug-likeness (QED) is 0.787. The standard InChI is InChI=1S/C22H25ClN2O2/c1-14(2)25(13-16-7-5-4-6-8-16)22(27)19-12-18(19)21(26)24-20-10-9-17(23)11-15(20)3/h4-11,14,18-19H,12-13H2,1-3H3,(H,24,26). The number of rotatable bonds is 6. The predicted octanol–water partition coefficient (Wildman–Crippen LogP) is 4.66. The van der Waals surface area contributed by atoms with Crippen LogP contribution in [0.1, 0.15) is 31.4 Å². The third-order valence-electron chi connectivity index (χ3n) is 4.99. The molecule has 2 atom stereocenters. The lowest BCUT2D eigenvalue weighted by Gasteiger charge is -2.27. The minimum Gasteiger partial charge on any atom is -0.336 e. The Labute approximate surface area is 165 Å². The molecule has 2 aromatic rings. The summed E-state index contributed by atoms with van der Waals surface area (Å²) in [6, 6.07) is 15.4. The molecule has 0 radical (unpaired) electrons. The zero-order chi connectivity index (χ0) is 19.6. The van der Waals surface area contributed by atoms with Crippen molar-refractivity contribution < 1.29 is 9.59 Å². The van der Waals surface area contributed by atoms with Crippen molar-refractivity contribution in [1.82, 2.24) is 4.90 Å². The summed E-state index contributed by atoms with van der Waals surface area (Å²) in [5.74, 6) is -0.530. The highest BCUT2D eigenvalue weighted by Crippen LogP contribution is 2.41. The summed E-state index contributed by atoms with van der Waals surface area (Å²) in [6.45, 7) is 6.49. The average Bonchev–Trinajstić information content (AvgIpc) is 3.43. The van der Waals surface area contributed by atoms with Crippen molar-refractivity contribution in [3.05, 3.63) is 64.7 Å². The van der Waals surface area contributed by atoms with E-state index >= 15 is 0 Å². The molecule has 5 heteroatoms. The number of nitrogens with zero attached hydrogens (tertiary/aromatic N) is 1. The summed E-state index contributed by atoms with van der Waals surface area (Å²) in [6.07, 6.45) is 0.606. The number of amides is 2. The summed E-state index contributed by atoms with van der Waals surface area (Å²) in [7, 11) is 0. The van der Waals surface area contributed by atoms with Gasteiger partial charge in [0.1, 0.15) is 0 Å². The van der Waals surface area contributed by atoms with Gasteiger partial charge in [-0.25, -0.2) is 0 Å². The van der Waals surface area contributed by atoms with E-state index in [2.05, 4.69) is 5.32 Å². The molecule has 1 aliphatic carbocycles. The molecular weight excluding hydrogens is 360 g/mol. The van der Waals surface area contributed by atoms with E-state index < -0.39 is 0 Å². The molecule has 0 bridgehead atoms. The number of anilines is 1. The highest BCUT2D eigenvalue weighted by molar-refractivity contribution is 6.30. The van der Waals surface area contributed by atoms with E-state index in [1.807, 2.05) is 62.1 Å². The van der Waals surface area contributed by atoms with Gasteiger partial charge in [-0.05, 0) is 56.5 Å². The Morgan fingerprint density at radius 3 is 2.48 bits per heavy atom. The number of nitrogens with one attached hydrogen (secondary N) is 1. The first-order valence-corrected chi connectivity index (χ1v) is 9.66. The molecule has 0 spiro atoms. The van der Waals surface area contributed by atoms with Crippen LogP contribution in [0.15, 0.2) is 48.5 Å². The van der Waals surface area contributed by atoms with Crippen LogP contribution in [-0.2, 0) is 16.1 Å². The molecule has 3 rings (SSSR count). The fourth-order valence-corrected chi connectivity index (χ4v) is 3.49. The van der Waals surface area contributed by atoms with Gasteiger partial charge in [-0.2, -0.15) is 0 Å².